The van der Waals surface area contributed by atoms with Gasteiger partial charge in [0.15, 0.2) is 0 Å². The van der Waals surface area contributed by atoms with Gasteiger partial charge in [-0.25, -0.2) is 9.97 Å². The largest absolute Gasteiger partial charge is 0.334 e. The third-order valence-corrected chi connectivity index (χ3v) is 5.73. The zero-order chi connectivity index (χ0) is 19.1. The highest BCUT2D eigenvalue weighted by atomic mass is 16.2. The smallest absolute Gasteiger partial charge is 0.257 e. The van der Waals surface area contributed by atoms with Gasteiger partial charge in [-0.05, 0) is 42.5 Å². The Labute approximate surface area is 164 Å². The maximum atomic E-state index is 12.9. The summed E-state index contributed by atoms with van der Waals surface area (Å²) in [6, 6.07) is 17.0. The van der Waals surface area contributed by atoms with Crippen LogP contribution in [0.3, 0.4) is 0 Å². The van der Waals surface area contributed by atoms with Crippen LogP contribution in [0.2, 0.25) is 0 Å². The molecular weight excluding hydrogens is 348 g/mol. The third kappa shape index (κ3) is 2.83. The summed E-state index contributed by atoms with van der Waals surface area (Å²) in [4.78, 5) is 26.0. The van der Waals surface area contributed by atoms with E-state index in [2.05, 4.69) is 58.2 Å². The van der Waals surface area contributed by atoms with Gasteiger partial charge in [0.2, 0.25) is 5.95 Å². The monoisotopic (exact) mass is 370 g/mol. The predicted octanol–water partition coefficient (Wildman–Crippen LogP) is 3.76. The highest BCUT2D eigenvalue weighted by Crippen LogP contribution is 2.36. The summed E-state index contributed by atoms with van der Waals surface area (Å²) in [5.41, 5.74) is 5.57. The lowest BCUT2D eigenvalue weighted by Gasteiger charge is -2.29. The van der Waals surface area contributed by atoms with E-state index in [1.165, 1.54) is 16.7 Å². The maximum Gasteiger partial charge on any atom is 0.257 e. The number of nitrogens with zero attached hydrogens (tertiary/aromatic N) is 4. The first-order chi connectivity index (χ1) is 13.7. The number of aromatic nitrogens is 2. The molecule has 0 radical (unpaired) electrons. The Morgan fingerprint density at radius 1 is 0.964 bits per heavy atom. The molecule has 28 heavy (non-hydrogen) atoms. The maximum absolute atomic E-state index is 12.9. The van der Waals surface area contributed by atoms with Crippen LogP contribution in [0.1, 0.15) is 34.0 Å². The first-order valence-corrected chi connectivity index (χ1v) is 9.76. The van der Waals surface area contributed by atoms with Crippen molar-refractivity contribution < 1.29 is 4.79 Å². The quantitative estimate of drug-likeness (QED) is 0.689. The Kier molecular flexibility index (Phi) is 4.08. The molecular formula is C23H22N4O. The highest BCUT2D eigenvalue weighted by Gasteiger charge is 2.29. The summed E-state index contributed by atoms with van der Waals surface area (Å²) in [7, 11) is 0. The Balaban J connectivity index is 1.37. The zero-order valence-electron chi connectivity index (χ0n) is 15.9. The molecule has 5 heteroatoms. The van der Waals surface area contributed by atoms with Crippen molar-refractivity contribution in [2.24, 2.45) is 0 Å². The summed E-state index contributed by atoms with van der Waals surface area (Å²) < 4.78 is 0. The summed E-state index contributed by atoms with van der Waals surface area (Å²) in [6.45, 7) is 3.55. The standard InChI is InChI=1S/C23H22N4O/c1-16-12-18-7-4-5-9-21(18)27(16)23-24-13-20(14-25-23)22(28)26-11-10-17-6-2-3-8-19(17)15-26/h2-9,13-14,16H,10-12,15H2,1H3. The topological polar surface area (TPSA) is 49.3 Å². The minimum atomic E-state index is -0.00377. The van der Waals surface area contributed by atoms with Crippen molar-refractivity contribution in [3.63, 3.8) is 0 Å². The van der Waals surface area contributed by atoms with Gasteiger partial charge < -0.3 is 9.80 Å². The lowest BCUT2D eigenvalue weighted by molar-refractivity contribution is 0.0734. The molecule has 0 spiro atoms. The average Bonchev–Trinajstić information content (AvgIpc) is 3.08. The number of amides is 1. The molecule has 1 aromatic heterocycles. The van der Waals surface area contributed by atoms with Crippen molar-refractivity contribution in [3.05, 3.63) is 83.2 Å². The van der Waals surface area contributed by atoms with E-state index in [1.54, 1.807) is 12.4 Å². The number of benzene rings is 2. The van der Waals surface area contributed by atoms with Gasteiger partial charge in [0.1, 0.15) is 0 Å². The molecule has 3 aromatic rings. The number of fused-ring (bicyclic) bond motifs is 2. The Bertz CT molecular complexity index is 1030. The zero-order valence-corrected chi connectivity index (χ0v) is 15.9. The minimum Gasteiger partial charge on any atom is -0.334 e. The van der Waals surface area contributed by atoms with Crippen LogP contribution in [0.25, 0.3) is 0 Å². The lowest BCUT2D eigenvalue weighted by Crippen LogP contribution is -2.36. The molecule has 0 saturated carbocycles. The van der Waals surface area contributed by atoms with E-state index in [1.807, 2.05) is 17.0 Å². The fourth-order valence-corrected chi connectivity index (χ4v) is 4.28. The van der Waals surface area contributed by atoms with E-state index in [4.69, 9.17) is 0 Å². The molecule has 0 N–H and O–H groups in total. The van der Waals surface area contributed by atoms with Gasteiger partial charge >= 0.3 is 0 Å². The third-order valence-electron chi connectivity index (χ3n) is 5.73. The molecule has 1 atom stereocenters. The van der Waals surface area contributed by atoms with Gasteiger partial charge in [-0.1, -0.05) is 42.5 Å². The molecule has 0 fully saturated rings. The highest BCUT2D eigenvalue weighted by molar-refractivity contribution is 5.94. The molecule has 1 amide bonds. The second-order valence-corrected chi connectivity index (χ2v) is 7.57. The van der Waals surface area contributed by atoms with Crippen LogP contribution in [0.5, 0.6) is 0 Å². The van der Waals surface area contributed by atoms with Gasteiger partial charge in [0, 0.05) is 37.2 Å². The Hall–Kier alpha value is -3.21. The molecule has 0 aliphatic carbocycles. The Morgan fingerprint density at radius 3 is 2.43 bits per heavy atom. The van der Waals surface area contributed by atoms with Crippen LogP contribution in [-0.2, 0) is 19.4 Å². The molecule has 1 unspecified atom stereocenters. The van der Waals surface area contributed by atoms with Crippen molar-refractivity contribution in [2.75, 3.05) is 11.4 Å². The molecule has 140 valence electrons. The molecule has 5 nitrogen and oxygen atoms in total. The number of rotatable bonds is 2. The number of hydrogen-bond donors (Lipinski definition) is 0. The second-order valence-electron chi connectivity index (χ2n) is 7.57. The predicted molar refractivity (Wildman–Crippen MR) is 109 cm³/mol. The second kappa shape index (κ2) is 6.75. The number of carbonyl (C=O) groups excluding carboxylic acids is 1. The Morgan fingerprint density at radius 2 is 1.64 bits per heavy atom. The fourth-order valence-electron chi connectivity index (χ4n) is 4.28. The van der Waals surface area contributed by atoms with Crippen molar-refractivity contribution in [1.82, 2.24) is 14.9 Å². The van der Waals surface area contributed by atoms with E-state index in [0.29, 0.717) is 24.1 Å². The fraction of sp³-hybridized carbons (Fsp3) is 0.261. The summed E-state index contributed by atoms with van der Waals surface area (Å²) in [6.07, 6.45) is 5.20. The van der Waals surface area contributed by atoms with Crippen LogP contribution >= 0.6 is 0 Å². The summed E-state index contributed by atoms with van der Waals surface area (Å²) in [5.74, 6) is 0.647. The first-order valence-electron chi connectivity index (χ1n) is 9.76. The van der Waals surface area contributed by atoms with Crippen LogP contribution < -0.4 is 4.90 Å². The molecule has 2 aromatic carbocycles. The molecule has 2 aliphatic rings. The summed E-state index contributed by atoms with van der Waals surface area (Å²) >= 11 is 0. The molecule has 3 heterocycles. The van der Waals surface area contributed by atoms with Crippen LogP contribution in [-0.4, -0.2) is 33.4 Å². The van der Waals surface area contributed by atoms with Crippen LogP contribution in [0, 0.1) is 0 Å². The lowest BCUT2D eigenvalue weighted by atomic mass is 9.99. The van der Waals surface area contributed by atoms with Crippen molar-refractivity contribution in [3.8, 4) is 0 Å². The summed E-state index contributed by atoms with van der Waals surface area (Å²) in [5, 5.41) is 0. The molecule has 2 aliphatic heterocycles. The van der Waals surface area contributed by atoms with E-state index >= 15 is 0 Å². The van der Waals surface area contributed by atoms with E-state index in [-0.39, 0.29) is 5.91 Å². The van der Waals surface area contributed by atoms with Gasteiger partial charge in [-0.2, -0.15) is 0 Å². The van der Waals surface area contributed by atoms with E-state index in [9.17, 15) is 4.79 Å². The molecule has 5 rings (SSSR count). The number of para-hydroxylation sites is 1. The van der Waals surface area contributed by atoms with Crippen LogP contribution in [0.4, 0.5) is 11.6 Å². The van der Waals surface area contributed by atoms with Gasteiger partial charge in [-0.15, -0.1) is 0 Å². The number of carbonyl (C=O) groups is 1. The number of anilines is 2. The molecule has 0 saturated heterocycles. The van der Waals surface area contributed by atoms with E-state index in [0.717, 1.165) is 25.1 Å². The molecule has 0 bridgehead atoms. The van der Waals surface area contributed by atoms with Gasteiger partial charge in [0.05, 0.1) is 5.56 Å². The minimum absolute atomic E-state index is 0.00377. The van der Waals surface area contributed by atoms with Gasteiger partial charge in [-0.3, -0.25) is 4.79 Å². The first kappa shape index (κ1) is 16.9. The number of hydrogen-bond acceptors (Lipinski definition) is 4. The SMILES string of the molecule is CC1Cc2ccccc2N1c1ncc(C(=O)N2CCc3ccccc3C2)cn1. The normalized spacial score (nSPS) is 18.0. The van der Waals surface area contributed by atoms with Crippen LogP contribution in [0.15, 0.2) is 60.9 Å². The van der Waals surface area contributed by atoms with Crippen molar-refractivity contribution in [1.29, 1.82) is 0 Å². The van der Waals surface area contributed by atoms with Crippen molar-refractivity contribution >= 4 is 17.5 Å². The van der Waals surface area contributed by atoms with Crippen molar-refractivity contribution in [2.45, 2.75) is 32.4 Å². The van der Waals surface area contributed by atoms with Gasteiger partial charge in [0.25, 0.3) is 5.91 Å². The van der Waals surface area contributed by atoms with E-state index < -0.39 is 0 Å². The average molecular weight is 370 g/mol.